The van der Waals surface area contributed by atoms with Gasteiger partial charge in [0.2, 0.25) is 0 Å². The third kappa shape index (κ3) is 5.32. The van der Waals surface area contributed by atoms with Gasteiger partial charge in [0.25, 0.3) is 0 Å². The van der Waals surface area contributed by atoms with Crippen molar-refractivity contribution < 1.29 is 0 Å². The maximum absolute atomic E-state index is 5.33. The predicted octanol–water partition coefficient (Wildman–Crippen LogP) is 14.0. The van der Waals surface area contributed by atoms with Crippen LogP contribution in [0.15, 0.2) is 200 Å². The van der Waals surface area contributed by atoms with E-state index in [1.807, 2.05) is 12.1 Å². The molecule has 0 bridgehead atoms. The molecule has 0 radical (unpaired) electrons. The van der Waals surface area contributed by atoms with E-state index < -0.39 is 0 Å². The van der Waals surface area contributed by atoms with Crippen molar-refractivity contribution in [2.24, 2.45) is 0 Å². The number of benzene rings is 9. The molecule has 0 saturated heterocycles. The standard InChI is InChI=1S/C53H33N3/c1-2-13-34(14-3-1)39-15-12-16-40(33-39)51-46-22-9-11-24-48(46)55-53(56-51)38-31-27-36(28-32-38)35-25-29-37(30-26-35)52-50-44-20-7-5-18-42(44)41-17-4-6-19-43(41)49(50)45-21-8-10-23-47(45)54-52/h1-33H. The molecule has 2 heterocycles. The summed E-state index contributed by atoms with van der Waals surface area (Å²) in [5.41, 5.74) is 11.6. The summed E-state index contributed by atoms with van der Waals surface area (Å²) in [4.78, 5) is 15.6. The molecule has 0 unspecified atom stereocenters. The van der Waals surface area contributed by atoms with E-state index in [1.54, 1.807) is 0 Å². The molecule has 0 amide bonds. The zero-order valence-electron chi connectivity index (χ0n) is 30.4. The van der Waals surface area contributed by atoms with Gasteiger partial charge in [-0.3, -0.25) is 0 Å². The SMILES string of the molecule is c1ccc(-c2cccc(-c3nc(-c4ccc(-c5ccc(-c6nc7ccccc7c7c8ccccc8c8ccccc8c67)cc5)cc4)nc4ccccc34)c2)cc1. The molecule has 0 fully saturated rings. The van der Waals surface area contributed by atoms with Crippen molar-refractivity contribution in [1.29, 1.82) is 0 Å². The van der Waals surface area contributed by atoms with Gasteiger partial charge >= 0.3 is 0 Å². The lowest BCUT2D eigenvalue weighted by Gasteiger charge is -2.16. The van der Waals surface area contributed by atoms with Crippen molar-refractivity contribution in [2.45, 2.75) is 0 Å². The van der Waals surface area contributed by atoms with E-state index in [9.17, 15) is 0 Å². The lowest BCUT2D eigenvalue weighted by Crippen LogP contribution is -1.95. The lowest BCUT2D eigenvalue weighted by molar-refractivity contribution is 1.23. The van der Waals surface area contributed by atoms with Crippen LogP contribution in [0.5, 0.6) is 0 Å². The fourth-order valence-corrected chi connectivity index (χ4v) is 8.37. The number of hydrogen-bond donors (Lipinski definition) is 0. The Kier molecular flexibility index (Phi) is 7.49. The number of fused-ring (bicyclic) bond motifs is 9. The number of aromatic nitrogens is 3. The van der Waals surface area contributed by atoms with Crippen LogP contribution in [0.1, 0.15) is 0 Å². The molecular weight excluding hydrogens is 679 g/mol. The highest BCUT2D eigenvalue weighted by Gasteiger charge is 2.18. The molecule has 11 rings (SSSR count). The van der Waals surface area contributed by atoms with Gasteiger partial charge in [0.05, 0.1) is 22.4 Å². The van der Waals surface area contributed by atoms with Gasteiger partial charge in [0.1, 0.15) is 0 Å². The molecule has 9 aromatic carbocycles. The van der Waals surface area contributed by atoms with Crippen molar-refractivity contribution in [3.8, 4) is 56.2 Å². The van der Waals surface area contributed by atoms with Gasteiger partial charge in [-0.1, -0.05) is 182 Å². The topological polar surface area (TPSA) is 38.7 Å². The summed E-state index contributed by atoms with van der Waals surface area (Å²) in [6, 6.07) is 70.8. The first-order valence-corrected chi connectivity index (χ1v) is 19.0. The van der Waals surface area contributed by atoms with Crippen molar-refractivity contribution in [3.05, 3.63) is 200 Å². The number of hydrogen-bond acceptors (Lipinski definition) is 3. The van der Waals surface area contributed by atoms with Gasteiger partial charge in [-0.2, -0.15) is 0 Å². The zero-order chi connectivity index (χ0) is 37.0. The molecule has 0 N–H and O–H groups in total. The van der Waals surface area contributed by atoms with Crippen molar-refractivity contribution in [2.75, 3.05) is 0 Å². The van der Waals surface area contributed by atoms with Crippen LogP contribution in [0.2, 0.25) is 0 Å². The molecule has 56 heavy (non-hydrogen) atoms. The van der Waals surface area contributed by atoms with Crippen LogP contribution in [0.3, 0.4) is 0 Å². The van der Waals surface area contributed by atoms with E-state index in [-0.39, 0.29) is 0 Å². The molecule has 0 spiro atoms. The smallest absolute Gasteiger partial charge is 0.160 e. The summed E-state index contributed by atoms with van der Waals surface area (Å²) in [5, 5.41) is 9.63. The monoisotopic (exact) mass is 711 g/mol. The molecule has 3 nitrogen and oxygen atoms in total. The van der Waals surface area contributed by atoms with Gasteiger partial charge in [0.15, 0.2) is 5.82 Å². The van der Waals surface area contributed by atoms with Gasteiger partial charge in [-0.05, 0) is 62.0 Å². The third-order valence-corrected chi connectivity index (χ3v) is 11.1. The Morgan fingerprint density at radius 2 is 0.696 bits per heavy atom. The minimum atomic E-state index is 0.708. The number of rotatable bonds is 5. The first kappa shape index (κ1) is 32.0. The van der Waals surface area contributed by atoms with Crippen molar-refractivity contribution in [3.63, 3.8) is 0 Å². The fraction of sp³-hybridized carbons (Fsp3) is 0. The molecule has 0 saturated carbocycles. The van der Waals surface area contributed by atoms with E-state index in [0.29, 0.717) is 5.82 Å². The molecule has 0 aliphatic carbocycles. The van der Waals surface area contributed by atoms with E-state index in [1.165, 1.54) is 43.3 Å². The van der Waals surface area contributed by atoms with E-state index in [4.69, 9.17) is 15.0 Å². The highest BCUT2D eigenvalue weighted by Crippen LogP contribution is 2.43. The Hall–Kier alpha value is -7.49. The minimum absolute atomic E-state index is 0.708. The molecule has 2 aromatic heterocycles. The van der Waals surface area contributed by atoms with Gasteiger partial charge in [-0.15, -0.1) is 0 Å². The maximum atomic E-state index is 5.33. The molecule has 260 valence electrons. The second-order valence-corrected chi connectivity index (χ2v) is 14.3. The summed E-state index contributed by atoms with van der Waals surface area (Å²) in [6.45, 7) is 0. The fourth-order valence-electron chi connectivity index (χ4n) is 8.37. The Morgan fingerprint density at radius 3 is 1.38 bits per heavy atom. The Bertz CT molecular complexity index is 3280. The molecule has 0 atom stereocenters. The second kappa shape index (κ2) is 13.1. The van der Waals surface area contributed by atoms with Crippen LogP contribution in [0.25, 0.3) is 110 Å². The number of nitrogens with zero attached hydrogens (tertiary/aromatic N) is 3. The predicted molar refractivity (Wildman–Crippen MR) is 235 cm³/mol. The highest BCUT2D eigenvalue weighted by molar-refractivity contribution is 6.33. The molecule has 3 heteroatoms. The Balaban J connectivity index is 0.982. The Morgan fingerprint density at radius 1 is 0.232 bits per heavy atom. The number of pyridine rings is 1. The average molecular weight is 712 g/mol. The van der Waals surface area contributed by atoms with Crippen LogP contribution >= 0.6 is 0 Å². The Labute approximate surface area is 324 Å². The molecule has 0 aliphatic rings. The average Bonchev–Trinajstić information content (AvgIpc) is 3.28. The van der Waals surface area contributed by atoms with Crippen molar-refractivity contribution >= 4 is 54.1 Å². The summed E-state index contributed by atoms with van der Waals surface area (Å²) < 4.78 is 0. The largest absolute Gasteiger partial charge is 0.247 e. The van der Waals surface area contributed by atoms with Crippen LogP contribution < -0.4 is 0 Å². The summed E-state index contributed by atoms with van der Waals surface area (Å²) in [5.74, 6) is 0.708. The normalized spacial score (nSPS) is 11.6. The molecular formula is C53H33N3. The van der Waals surface area contributed by atoms with Gasteiger partial charge in [0, 0.05) is 38.2 Å². The lowest BCUT2D eigenvalue weighted by atomic mass is 9.89. The van der Waals surface area contributed by atoms with Crippen LogP contribution in [0.4, 0.5) is 0 Å². The zero-order valence-corrected chi connectivity index (χ0v) is 30.4. The van der Waals surface area contributed by atoms with E-state index in [0.717, 1.165) is 61.2 Å². The summed E-state index contributed by atoms with van der Waals surface area (Å²) in [6.07, 6.45) is 0. The van der Waals surface area contributed by atoms with Crippen LogP contribution in [-0.4, -0.2) is 15.0 Å². The van der Waals surface area contributed by atoms with Gasteiger partial charge in [-0.25, -0.2) is 15.0 Å². The number of para-hydroxylation sites is 2. The third-order valence-electron chi connectivity index (χ3n) is 11.1. The van der Waals surface area contributed by atoms with Gasteiger partial charge < -0.3 is 0 Å². The van der Waals surface area contributed by atoms with E-state index >= 15 is 0 Å². The van der Waals surface area contributed by atoms with Crippen molar-refractivity contribution in [1.82, 2.24) is 15.0 Å². The molecule has 0 aliphatic heterocycles. The minimum Gasteiger partial charge on any atom is -0.247 e. The van der Waals surface area contributed by atoms with Crippen LogP contribution in [-0.2, 0) is 0 Å². The highest BCUT2D eigenvalue weighted by atomic mass is 14.9. The second-order valence-electron chi connectivity index (χ2n) is 14.3. The summed E-state index contributed by atoms with van der Waals surface area (Å²) >= 11 is 0. The van der Waals surface area contributed by atoms with Crippen LogP contribution in [0, 0.1) is 0 Å². The quantitative estimate of drug-likeness (QED) is 0.167. The van der Waals surface area contributed by atoms with E-state index in [2.05, 4.69) is 188 Å². The maximum Gasteiger partial charge on any atom is 0.160 e. The summed E-state index contributed by atoms with van der Waals surface area (Å²) in [7, 11) is 0. The molecule has 11 aromatic rings. The first-order valence-electron chi connectivity index (χ1n) is 19.0. The first-order chi connectivity index (χ1) is 27.8.